The zero-order chi connectivity index (χ0) is 16.7. The van der Waals surface area contributed by atoms with E-state index >= 15 is 0 Å². The number of primary amides is 1. The van der Waals surface area contributed by atoms with E-state index in [-0.39, 0.29) is 30.6 Å². The summed E-state index contributed by atoms with van der Waals surface area (Å²) < 4.78 is 26.2. The van der Waals surface area contributed by atoms with Gasteiger partial charge >= 0.3 is 0 Å². The lowest BCUT2D eigenvalue weighted by molar-refractivity contribution is -0.127. The normalized spacial score (nSPS) is 11.8. The summed E-state index contributed by atoms with van der Waals surface area (Å²) in [6, 6.07) is 1.88. The molecule has 22 heavy (non-hydrogen) atoms. The highest BCUT2D eigenvalue weighted by Crippen LogP contribution is 2.10. The average Bonchev–Trinajstić information content (AvgIpc) is 2.45. The highest BCUT2D eigenvalue weighted by atomic mass is 19.1. The maximum absolute atomic E-state index is 13.5. The van der Waals surface area contributed by atoms with Crippen LogP contribution in [0.25, 0.3) is 0 Å². The van der Waals surface area contributed by atoms with Crippen LogP contribution >= 0.6 is 0 Å². The van der Waals surface area contributed by atoms with Crippen LogP contribution in [-0.4, -0.2) is 23.6 Å². The number of benzene rings is 1. The molecule has 1 aromatic rings. The molecule has 0 fully saturated rings. The summed E-state index contributed by atoms with van der Waals surface area (Å²) in [5.74, 6) is -3.03. The van der Waals surface area contributed by atoms with Gasteiger partial charge in [-0.15, -0.1) is 0 Å². The third-order valence-corrected chi connectivity index (χ3v) is 3.15. The van der Waals surface area contributed by atoms with Crippen LogP contribution in [0, 0.1) is 11.6 Å². The second-order valence-electron chi connectivity index (χ2n) is 4.87. The minimum Gasteiger partial charge on any atom is -0.368 e. The van der Waals surface area contributed by atoms with E-state index < -0.39 is 29.5 Å². The molecule has 1 aromatic carbocycles. The molecule has 0 bridgehead atoms. The van der Waals surface area contributed by atoms with E-state index in [1.807, 2.05) is 0 Å². The Labute approximate surface area is 126 Å². The average molecular weight is 312 g/mol. The number of carbonyl (C=O) groups excluding carboxylic acids is 3. The summed E-state index contributed by atoms with van der Waals surface area (Å²) in [5.41, 5.74) is 5.17. The number of Topliss-reactive ketones (excluding diaryl/α,β-unsaturated/α-hetero) is 1. The molecule has 0 saturated carbocycles. The molecule has 2 amide bonds. The van der Waals surface area contributed by atoms with E-state index in [0.29, 0.717) is 12.5 Å². The fourth-order valence-corrected chi connectivity index (χ4v) is 1.85. The summed E-state index contributed by atoms with van der Waals surface area (Å²) in [7, 11) is 0. The Kier molecular flexibility index (Phi) is 6.62. The third-order valence-electron chi connectivity index (χ3n) is 3.15. The minimum atomic E-state index is -0.994. The number of amides is 2. The molecule has 1 rings (SSSR count). The van der Waals surface area contributed by atoms with E-state index in [1.54, 1.807) is 6.92 Å². The van der Waals surface area contributed by atoms with Crippen LogP contribution < -0.4 is 11.1 Å². The number of rotatable bonds is 8. The molecule has 0 aliphatic carbocycles. The molecule has 7 heteroatoms. The Hall–Kier alpha value is -2.31. The van der Waals surface area contributed by atoms with Crippen LogP contribution in [0.2, 0.25) is 0 Å². The molecule has 0 heterocycles. The Bertz CT molecular complexity index is 576. The van der Waals surface area contributed by atoms with Gasteiger partial charge < -0.3 is 11.1 Å². The van der Waals surface area contributed by atoms with Gasteiger partial charge in [0.1, 0.15) is 23.5 Å². The molecular weight excluding hydrogens is 294 g/mol. The number of carbonyl (C=O) groups is 3. The maximum atomic E-state index is 13.5. The summed E-state index contributed by atoms with van der Waals surface area (Å²) in [6.07, 6.45) is 0.201. The lowest BCUT2D eigenvalue weighted by Crippen LogP contribution is -2.45. The molecule has 5 nitrogen and oxygen atoms in total. The van der Waals surface area contributed by atoms with Crippen molar-refractivity contribution in [2.24, 2.45) is 5.73 Å². The molecule has 0 spiro atoms. The van der Waals surface area contributed by atoms with Crippen molar-refractivity contribution in [3.8, 4) is 0 Å². The van der Waals surface area contributed by atoms with Crippen molar-refractivity contribution in [3.63, 3.8) is 0 Å². The van der Waals surface area contributed by atoms with Crippen molar-refractivity contribution < 1.29 is 23.2 Å². The highest BCUT2D eigenvalue weighted by Gasteiger charge is 2.19. The van der Waals surface area contributed by atoms with Crippen molar-refractivity contribution >= 4 is 17.6 Å². The van der Waals surface area contributed by atoms with Gasteiger partial charge in [-0.3, -0.25) is 14.4 Å². The lowest BCUT2D eigenvalue weighted by atomic mass is 10.1. The summed E-state index contributed by atoms with van der Waals surface area (Å²) >= 11 is 0. The van der Waals surface area contributed by atoms with Crippen LogP contribution in [0.1, 0.15) is 31.7 Å². The minimum absolute atomic E-state index is 0.00625. The first-order valence-corrected chi connectivity index (χ1v) is 6.87. The predicted octanol–water partition coefficient (Wildman–Crippen LogP) is 1.24. The quantitative estimate of drug-likeness (QED) is 0.757. The van der Waals surface area contributed by atoms with Gasteiger partial charge in [-0.2, -0.15) is 0 Å². The Balaban J connectivity index is 2.63. The monoisotopic (exact) mass is 312 g/mol. The molecule has 3 N–H and O–H groups in total. The Morgan fingerprint density at radius 2 is 1.95 bits per heavy atom. The number of hydrogen-bond acceptors (Lipinski definition) is 3. The van der Waals surface area contributed by atoms with Gasteiger partial charge in [0.15, 0.2) is 0 Å². The van der Waals surface area contributed by atoms with Crippen LogP contribution in [0.3, 0.4) is 0 Å². The van der Waals surface area contributed by atoms with Crippen molar-refractivity contribution in [1.82, 2.24) is 5.32 Å². The molecule has 1 atom stereocenters. The van der Waals surface area contributed by atoms with Crippen molar-refractivity contribution in [3.05, 3.63) is 35.4 Å². The van der Waals surface area contributed by atoms with Gasteiger partial charge in [0.25, 0.3) is 0 Å². The number of hydrogen-bond donors (Lipinski definition) is 2. The molecule has 120 valence electrons. The largest absolute Gasteiger partial charge is 0.368 e. The molecule has 0 aliphatic rings. The van der Waals surface area contributed by atoms with E-state index in [4.69, 9.17) is 5.73 Å². The number of nitrogens with one attached hydrogen (secondary N) is 1. The predicted molar refractivity (Wildman–Crippen MR) is 75.7 cm³/mol. The molecule has 0 aliphatic heterocycles. The third kappa shape index (κ3) is 5.59. The van der Waals surface area contributed by atoms with Crippen molar-refractivity contribution in [2.75, 3.05) is 0 Å². The van der Waals surface area contributed by atoms with E-state index in [2.05, 4.69) is 5.32 Å². The summed E-state index contributed by atoms with van der Waals surface area (Å²) in [5, 5.41) is 2.36. The summed E-state index contributed by atoms with van der Waals surface area (Å²) in [4.78, 5) is 34.3. The molecular formula is C15H18F2N2O3. The molecule has 0 radical (unpaired) electrons. The van der Waals surface area contributed by atoms with E-state index in [9.17, 15) is 23.2 Å². The highest BCUT2D eigenvalue weighted by molar-refractivity contribution is 5.88. The van der Waals surface area contributed by atoms with Gasteiger partial charge in [-0.1, -0.05) is 13.0 Å². The Morgan fingerprint density at radius 3 is 2.50 bits per heavy atom. The van der Waals surface area contributed by atoms with Gasteiger partial charge in [-0.25, -0.2) is 8.78 Å². The fourth-order valence-electron chi connectivity index (χ4n) is 1.85. The Morgan fingerprint density at radius 1 is 1.27 bits per heavy atom. The maximum Gasteiger partial charge on any atom is 0.240 e. The number of ketones is 1. The van der Waals surface area contributed by atoms with Gasteiger partial charge in [0.05, 0.1) is 6.42 Å². The van der Waals surface area contributed by atoms with Crippen molar-refractivity contribution in [1.29, 1.82) is 0 Å². The van der Waals surface area contributed by atoms with Crippen LogP contribution in [0.4, 0.5) is 8.78 Å². The van der Waals surface area contributed by atoms with Crippen LogP contribution in [0.5, 0.6) is 0 Å². The smallest absolute Gasteiger partial charge is 0.240 e. The fraction of sp³-hybridized carbons (Fsp3) is 0.400. The van der Waals surface area contributed by atoms with Gasteiger partial charge in [0.2, 0.25) is 11.8 Å². The van der Waals surface area contributed by atoms with E-state index in [0.717, 1.165) is 12.1 Å². The zero-order valence-corrected chi connectivity index (χ0v) is 12.2. The second kappa shape index (κ2) is 8.21. The first-order chi connectivity index (χ1) is 10.3. The van der Waals surface area contributed by atoms with Crippen LogP contribution in [0.15, 0.2) is 18.2 Å². The summed E-state index contributed by atoms with van der Waals surface area (Å²) in [6.45, 7) is 1.69. The van der Waals surface area contributed by atoms with Gasteiger partial charge in [0, 0.05) is 18.9 Å². The topological polar surface area (TPSA) is 89.3 Å². The SMILES string of the molecule is CCC(=O)CC[C@H](NC(=O)Cc1ccc(F)cc1F)C(N)=O. The zero-order valence-electron chi connectivity index (χ0n) is 12.2. The van der Waals surface area contributed by atoms with E-state index in [1.165, 1.54) is 0 Å². The lowest BCUT2D eigenvalue weighted by Gasteiger charge is -2.15. The number of nitrogens with two attached hydrogens (primary N) is 1. The molecule has 0 saturated heterocycles. The second-order valence-corrected chi connectivity index (χ2v) is 4.87. The first-order valence-electron chi connectivity index (χ1n) is 6.87. The number of halogens is 2. The molecule has 0 aromatic heterocycles. The molecule has 0 unspecified atom stereocenters. The van der Waals surface area contributed by atoms with Gasteiger partial charge in [-0.05, 0) is 18.1 Å². The van der Waals surface area contributed by atoms with Crippen LogP contribution in [-0.2, 0) is 20.8 Å². The standard InChI is InChI=1S/C15H18F2N2O3/c1-2-11(20)5-6-13(15(18)22)19-14(21)7-9-3-4-10(16)8-12(9)17/h3-4,8,13H,2,5-7H2,1H3,(H2,18,22)(H,19,21)/t13-/m0/s1. The van der Waals surface area contributed by atoms with Crippen molar-refractivity contribution in [2.45, 2.75) is 38.6 Å². The first kappa shape index (κ1) is 17.7.